The second-order valence-electron chi connectivity index (χ2n) is 4.42. The number of para-hydroxylation sites is 1. The molecule has 1 aliphatic rings. The Hall–Kier alpha value is -1.77. The minimum atomic E-state index is -0.0398. The van der Waals surface area contributed by atoms with Gasteiger partial charge in [0.1, 0.15) is 5.75 Å². The summed E-state index contributed by atoms with van der Waals surface area (Å²) in [4.78, 5) is 0. The van der Waals surface area contributed by atoms with Crippen molar-refractivity contribution in [3.63, 3.8) is 0 Å². The van der Waals surface area contributed by atoms with Crippen LogP contribution in [-0.2, 0) is 5.41 Å². The van der Waals surface area contributed by atoms with Crippen LogP contribution in [0.25, 0.3) is 0 Å². The Kier molecular flexibility index (Phi) is 1.99. The van der Waals surface area contributed by atoms with E-state index in [4.69, 9.17) is 0 Å². The van der Waals surface area contributed by atoms with Crippen molar-refractivity contribution in [2.45, 2.75) is 24.7 Å². The average molecular weight is 214 g/mol. The molecule has 0 radical (unpaired) electrons. The van der Waals surface area contributed by atoms with Gasteiger partial charge in [-0.15, -0.1) is 0 Å². The minimum Gasteiger partial charge on any atom is -0.508 e. The number of hydrogen-bond acceptors (Lipinski definition) is 2. The fraction of sp³-hybridized carbons (Fsp3) is 0.308. The molecule has 0 unspecified atom stereocenters. The maximum absolute atomic E-state index is 9.98. The van der Waals surface area contributed by atoms with Gasteiger partial charge < -0.3 is 5.11 Å². The quantitative estimate of drug-likeness (QED) is 0.807. The van der Waals surface area contributed by atoms with Gasteiger partial charge in [-0.2, -0.15) is 5.10 Å². The third kappa shape index (κ3) is 1.18. The number of benzene rings is 1. The molecule has 1 fully saturated rings. The van der Waals surface area contributed by atoms with Crippen LogP contribution in [0.2, 0.25) is 0 Å². The molecule has 1 aliphatic carbocycles. The van der Waals surface area contributed by atoms with Gasteiger partial charge in [-0.1, -0.05) is 24.6 Å². The largest absolute Gasteiger partial charge is 0.508 e. The lowest BCUT2D eigenvalue weighted by atomic mass is 9.62. The zero-order valence-corrected chi connectivity index (χ0v) is 8.98. The number of aromatic nitrogens is 2. The van der Waals surface area contributed by atoms with E-state index in [1.54, 1.807) is 12.3 Å². The van der Waals surface area contributed by atoms with Crippen molar-refractivity contribution in [3.8, 4) is 5.75 Å². The second-order valence-corrected chi connectivity index (χ2v) is 4.42. The Morgan fingerprint density at radius 2 is 2.00 bits per heavy atom. The van der Waals surface area contributed by atoms with Crippen molar-refractivity contribution < 1.29 is 5.11 Å². The van der Waals surface area contributed by atoms with Crippen molar-refractivity contribution >= 4 is 0 Å². The molecule has 0 spiro atoms. The fourth-order valence-corrected chi connectivity index (χ4v) is 2.61. The number of H-pyrrole nitrogens is 1. The highest BCUT2D eigenvalue weighted by Gasteiger charge is 2.43. The van der Waals surface area contributed by atoms with Crippen molar-refractivity contribution in [3.05, 3.63) is 47.8 Å². The number of phenolic OH excluding ortho intramolecular Hbond substituents is 1. The molecule has 1 aromatic carbocycles. The number of aromatic amines is 1. The summed E-state index contributed by atoms with van der Waals surface area (Å²) in [6.07, 6.45) is 5.13. The number of phenols is 1. The van der Waals surface area contributed by atoms with E-state index in [1.807, 2.05) is 24.3 Å². The zero-order valence-electron chi connectivity index (χ0n) is 8.98. The third-order valence-corrected chi connectivity index (χ3v) is 3.64. The molecule has 82 valence electrons. The first-order chi connectivity index (χ1) is 7.83. The molecule has 0 bridgehead atoms. The van der Waals surface area contributed by atoms with E-state index < -0.39 is 0 Å². The molecule has 3 nitrogen and oxygen atoms in total. The SMILES string of the molecule is Oc1ccccc1C1(c2ccn[nH]2)CCC1. The van der Waals surface area contributed by atoms with E-state index in [0.717, 1.165) is 24.1 Å². The van der Waals surface area contributed by atoms with Crippen molar-refractivity contribution in [1.29, 1.82) is 0 Å². The topological polar surface area (TPSA) is 48.9 Å². The Morgan fingerprint density at radius 1 is 1.19 bits per heavy atom. The zero-order chi connectivity index (χ0) is 11.0. The van der Waals surface area contributed by atoms with Crippen LogP contribution in [0.3, 0.4) is 0 Å². The summed E-state index contributed by atoms with van der Waals surface area (Å²) in [6.45, 7) is 0. The Balaban J connectivity index is 2.13. The summed E-state index contributed by atoms with van der Waals surface area (Å²) < 4.78 is 0. The van der Waals surface area contributed by atoms with Crippen LogP contribution in [0, 0.1) is 0 Å². The molecule has 1 saturated carbocycles. The minimum absolute atomic E-state index is 0.0398. The molecular weight excluding hydrogens is 200 g/mol. The predicted molar refractivity (Wildman–Crippen MR) is 61.3 cm³/mol. The highest BCUT2D eigenvalue weighted by molar-refractivity contribution is 5.45. The molecule has 1 heterocycles. The molecule has 0 aliphatic heterocycles. The van der Waals surface area contributed by atoms with Gasteiger partial charge in [0.05, 0.1) is 0 Å². The molecule has 3 rings (SSSR count). The normalized spacial score (nSPS) is 18.0. The Morgan fingerprint density at radius 3 is 2.56 bits per heavy atom. The Labute approximate surface area is 94.1 Å². The molecule has 3 heteroatoms. The van der Waals surface area contributed by atoms with E-state index in [1.165, 1.54) is 6.42 Å². The molecule has 0 amide bonds. The van der Waals surface area contributed by atoms with Crippen LogP contribution < -0.4 is 0 Å². The molecule has 2 N–H and O–H groups in total. The van der Waals surface area contributed by atoms with Gasteiger partial charge in [-0.25, -0.2) is 0 Å². The first kappa shape index (κ1) is 9.46. The summed E-state index contributed by atoms with van der Waals surface area (Å²) >= 11 is 0. The van der Waals surface area contributed by atoms with E-state index in [0.29, 0.717) is 5.75 Å². The molecule has 1 aromatic heterocycles. The summed E-state index contributed by atoms with van der Waals surface area (Å²) in [5.41, 5.74) is 2.09. The van der Waals surface area contributed by atoms with Gasteiger partial charge in [0.25, 0.3) is 0 Å². The van der Waals surface area contributed by atoms with Crippen LogP contribution in [0.4, 0.5) is 0 Å². The smallest absolute Gasteiger partial charge is 0.119 e. The first-order valence-corrected chi connectivity index (χ1v) is 5.61. The number of nitrogens with one attached hydrogen (secondary N) is 1. The van der Waals surface area contributed by atoms with Gasteiger partial charge in [-0.05, 0) is 25.0 Å². The standard InChI is InChI=1S/C13H14N2O/c16-11-5-2-1-4-10(11)13(7-3-8-13)12-6-9-14-15-12/h1-2,4-6,9,16H,3,7-8H2,(H,14,15). The van der Waals surface area contributed by atoms with Crippen molar-refractivity contribution in [1.82, 2.24) is 10.2 Å². The lowest BCUT2D eigenvalue weighted by molar-refractivity contribution is 0.283. The number of hydrogen-bond donors (Lipinski definition) is 2. The average Bonchev–Trinajstić information content (AvgIpc) is 2.73. The molecule has 2 aromatic rings. The highest BCUT2D eigenvalue weighted by atomic mass is 16.3. The van der Waals surface area contributed by atoms with Crippen LogP contribution in [-0.4, -0.2) is 15.3 Å². The maximum atomic E-state index is 9.98. The van der Waals surface area contributed by atoms with Crippen molar-refractivity contribution in [2.24, 2.45) is 0 Å². The molecule has 0 saturated heterocycles. The molecule has 16 heavy (non-hydrogen) atoms. The van der Waals surface area contributed by atoms with E-state index in [2.05, 4.69) is 10.2 Å². The lowest BCUT2D eigenvalue weighted by Crippen LogP contribution is -2.35. The lowest BCUT2D eigenvalue weighted by Gasteiger charge is -2.41. The van der Waals surface area contributed by atoms with Gasteiger partial charge >= 0.3 is 0 Å². The molecule has 0 atom stereocenters. The fourth-order valence-electron chi connectivity index (χ4n) is 2.61. The maximum Gasteiger partial charge on any atom is 0.119 e. The van der Waals surface area contributed by atoms with Crippen LogP contribution >= 0.6 is 0 Å². The van der Waals surface area contributed by atoms with Crippen LogP contribution in [0.5, 0.6) is 5.75 Å². The van der Waals surface area contributed by atoms with Crippen LogP contribution in [0.1, 0.15) is 30.5 Å². The highest BCUT2D eigenvalue weighted by Crippen LogP contribution is 2.50. The van der Waals surface area contributed by atoms with E-state index in [9.17, 15) is 5.11 Å². The number of aromatic hydroxyl groups is 1. The van der Waals surface area contributed by atoms with Crippen molar-refractivity contribution in [2.75, 3.05) is 0 Å². The van der Waals surface area contributed by atoms with E-state index >= 15 is 0 Å². The summed E-state index contributed by atoms with van der Waals surface area (Å²) in [7, 11) is 0. The third-order valence-electron chi connectivity index (χ3n) is 3.64. The monoisotopic (exact) mass is 214 g/mol. The molecular formula is C13H14N2O. The van der Waals surface area contributed by atoms with E-state index in [-0.39, 0.29) is 5.41 Å². The summed E-state index contributed by atoms with van der Waals surface area (Å²) in [6, 6.07) is 9.61. The predicted octanol–water partition coefficient (Wildman–Crippen LogP) is 2.59. The Bertz CT molecular complexity index is 486. The van der Waals surface area contributed by atoms with Gasteiger partial charge in [0, 0.05) is 22.9 Å². The first-order valence-electron chi connectivity index (χ1n) is 5.61. The number of rotatable bonds is 2. The summed E-state index contributed by atoms with van der Waals surface area (Å²) in [5.74, 6) is 0.386. The van der Waals surface area contributed by atoms with Crippen LogP contribution in [0.15, 0.2) is 36.5 Å². The van der Waals surface area contributed by atoms with Gasteiger partial charge in [0.15, 0.2) is 0 Å². The second kappa shape index (κ2) is 3.37. The number of nitrogens with zero attached hydrogens (tertiary/aromatic N) is 1. The van der Waals surface area contributed by atoms with Gasteiger partial charge in [-0.3, -0.25) is 5.10 Å². The summed E-state index contributed by atoms with van der Waals surface area (Å²) in [5, 5.41) is 17.0. The van der Waals surface area contributed by atoms with Gasteiger partial charge in [0.2, 0.25) is 0 Å².